The van der Waals surface area contributed by atoms with Gasteiger partial charge in [-0.05, 0) is 48.2 Å². The summed E-state index contributed by atoms with van der Waals surface area (Å²) in [5.41, 5.74) is 13.9. The van der Waals surface area contributed by atoms with Crippen molar-refractivity contribution >= 4 is 23.4 Å². The van der Waals surface area contributed by atoms with E-state index in [0.717, 1.165) is 57.9 Å². The van der Waals surface area contributed by atoms with Crippen molar-refractivity contribution in [3.05, 3.63) is 71.0 Å². The van der Waals surface area contributed by atoms with E-state index in [1.807, 2.05) is 35.9 Å². The zero-order valence-corrected chi connectivity index (χ0v) is 19.2. The average molecular weight is 444 g/mol. The number of aromatic nitrogens is 3. The van der Waals surface area contributed by atoms with Crippen LogP contribution in [0.4, 0.5) is 5.69 Å². The number of rotatable bonds is 6. The SMILES string of the molecule is CN=CC(=CN)c1ccc2c(c1)[C@H](Nc1ccc(CC(=O)NC)cc1)CCn1nnc(C)c1-2. The first-order valence-corrected chi connectivity index (χ1v) is 11.0. The van der Waals surface area contributed by atoms with Crippen LogP contribution in [-0.4, -0.2) is 41.2 Å². The highest BCUT2D eigenvalue weighted by Crippen LogP contribution is 2.38. The van der Waals surface area contributed by atoms with Crippen LogP contribution < -0.4 is 16.4 Å². The minimum atomic E-state index is -0.00119. The lowest BCUT2D eigenvalue weighted by molar-refractivity contribution is -0.119. The summed E-state index contributed by atoms with van der Waals surface area (Å²) in [4.78, 5) is 15.8. The number of nitrogens with two attached hydrogens (primary N) is 1. The predicted molar refractivity (Wildman–Crippen MR) is 132 cm³/mol. The molecule has 1 atom stereocenters. The monoisotopic (exact) mass is 443 g/mol. The van der Waals surface area contributed by atoms with E-state index in [0.29, 0.717) is 6.42 Å². The molecule has 4 N–H and O–H groups in total. The normalized spacial score (nSPS) is 15.6. The van der Waals surface area contributed by atoms with Gasteiger partial charge in [-0.1, -0.05) is 29.5 Å². The number of amides is 1. The number of nitrogens with one attached hydrogen (secondary N) is 2. The molecule has 0 aliphatic carbocycles. The molecule has 1 aromatic heterocycles. The second kappa shape index (κ2) is 9.68. The Hall–Kier alpha value is -3.94. The molecular formula is C25H29N7O. The summed E-state index contributed by atoms with van der Waals surface area (Å²) in [6.45, 7) is 2.74. The third-order valence-corrected chi connectivity index (χ3v) is 5.93. The van der Waals surface area contributed by atoms with Crippen molar-refractivity contribution < 1.29 is 4.79 Å². The van der Waals surface area contributed by atoms with Gasteiger partial charge in [-0.15, -0.1) is 5.10 Å². The molecule has 8 heteroatoms. The van der Waals surface area contributed by atoms with Crippen LogP contribution in [0.2, 0.25) is 0 Å². The molecule has 0 saturated heterocycles. The molecule has 0 radical (unpaired) electrons. The first kappa shape index (κ1) is 22.3. The van der Waals surface area contributed by atoms with E-state index >= 15 is 0 Å². The molecule has 2 heterocycles. The third-order valence-electron chi connectivity index (χ3n) is 5.93. The molecule has 1 amide bonds. The van der Waals surface area contributed by atoms with E-state index in [-0.39, 0.29) is 11.9 Å². The molecular weight excluding hydrogens is 414 g/mol. The molecule has 0 fully saturated rings. The fourth-order valence-electron chi connectivity index (χ4n) is 4.24. The van der Waals surface area contributed by atoms with Gasteiger partial charge in [0.2, 0.25) is 5.91 Å². The van der Waals surface area contributed by atoms with Crippen molar-refractivity contribution in [2.45, 2.75) is 32.4 Å². The number of hydrogen-bond acceptors (Lipinski definition) is 6. The Labute approximate surface area is 193 Å². The van der Waals surface area contributed by atoms with Crippen LogP contribution >= 0.6 is 0 Å². The van der Waals surface area contributed by atoms with Crippen molar-refractivity contribution in [1.82, 2.24) is 20.3 Å². The number of aliphatic imine (C=N–C) groups is 1. The van der Waals surface area contributed by atoms with Crippen molar-refractivity contribution in [2.24, 2.45) is 10.7 Å². The summed E-state index contributed by atoms with van der Waals surface area (Å²) in [5.74, 6) is -0.00119. The number of carbonyl (C=O) groups excluding carboxylic acids is 1. The quantitative estimate of drug-likeness (QED) is 0.507. The second-order valence-electron chi connectivity index (χ2n) is 8.09. The zero-order valence-electron chi connectivity index (χ0n) is 19.2. The molecule has 1 aliphatic heterocycles. The van der Waals surface area contributed by atoms with Gasteiger partial charge in [-0.25, -0.2) is 4.68 Å². The van der Waals surface area contributed by atoms with Crippen molar-refractivity contribution in [3.63, 3.8) is 0 Å². The Balaban J connectivity index is 1.71. The number of fused-ring (bicyclic) bond motifs is 3. The maximum atomic E-state index is 11.7. The molecule has 1 aliphatic rings. The summed E-state index contributed by atoms with van der Waals surface area (Å²) >= 11 is 0. The topological polar surface area (TPSA) is 110 Å². The van der Waals surface area contributed by atoms with Gasteiger partial charge in [0.15, 0.2) is 0 Å². The fraction of sp³-hybridized carbons (Fsp3) is 0.280. The van der Waals surface area contributed by atoms with Crippen molar-refractivity contribution in [1.29, 1.82) is 0 Å². The van der Waals surface area contributed by atoms with E-state index in [1.165, 1.54) is 0 Å². The number of carbonyl (C=O) groups is 1. The van der Waals surface area contributed by atoms with E-state index in [4.69, 9.17) is 5.73 Å². The first-order chi connectivity index (χ1) is 16.0. The number of hydrogen-bond donors (Lipinski definition) is 3. The van der Waals surface area contributed by atoms with Gasteiger partial charge in [0.25, 0.3) is 0 Å². The van der Waals surface area contributed by atoms with E-state index in [1.54, 1.807) is 26.5 Å². The molecule has 4 rings (SSSR count). The lowest BCUT2D eigenvalue weighted by Crippen LogP contribution is -2.19. The van der Waals surface area contributed by atoms with Gasteiger partial charge in [0, 0.05) is 49.9 Å². The smallest absolute Gasteiger partial charge is 0.224 e. The van der Waals surface area contributed by atoms with Crippen LogP contribution in [0.1, 0.15) is 34.8 Å². The Bertz CT molecular complexity index is 1210. The Morgan fingerprint density at radius 3 is 2.76 bits per heavy atom. The molecule has 0 spiro atoms. The summed E-state index contributed by atoms with van der Waals surface area (Å²) in [6.07, 6.45) is 4.56. The molecule has 8 nitrogen and oxygen atoms in total. The molecule has 0 saturated carbocycles. The number of benzene rings is 2. The second-order valence-corrected chi connectivity index (χ2v) is 8.09. The molecule has 0 bridgehead atoms. The maximum absolute atomic E-state index is 11.7. The van der Waals surface area contributed by atoms with Gasteiger partial charge in [-0.3, -0.25) is 9.79 Å². The highest BCUT2D eigenvalue weighted by molar-refractivity contribution is 6.09. The highest BCUT2D eigenvalue weighted by Gasteiger charge is 2.25. The van der Waals surface area contributed by atoms with Crippen LogP contribution in [-0.2, 0) is 17.8 Å². The Kier molecular flexibility index (Phi) is 6.53. The zero-order chi connectivity index (χ0) is 23.4. The number of likely N-dealkylation sites (N-methyl/N-ethyl adjacent to an activating group) is 1. The summed E-state index contributed by atoms with van der Waals surface area (Å²) < 4.78 is 1.98. The fourth-order valence-corrected chi connectivity index (χ4v) is 4.24. The van der Waals surface area contributed by atoms with Crippen LogP contribution in [0.3, 0.4) is 0 Å². The van der Waals surface area contributed by atoms with Crippen LogP contribution in [0, 0.1) is 6.92 Å². The highest BCUT2D eigenvalue weighted by atomic mass is 16.1. The molecule has 33 heavy (non-hydrogen) atoms. The predicted octanol–water partition coefficient (Wildman–Crippen LogP) is 3.10. The summed E-state index contributed by atoms with van der Waals surface area (Å²) in [5, 5.41) is 15.0. The summed E-state index contributed by atoms with van der Waals surface area (Å²) in [7, 11) is 3.38. The molecule has 3 aromatic rings. The van der Waals surface area contributed by atoms with Gasteiger partial charge >= 0.3 is 0 Å². The number of aryl methyl sites for hydroxylation is 2. The summed E-state index contributed by atoms with van der Waals surface area (Å²) in [6, 6.07) is 14.4. The lowest BCUT2D eigenvalue weighted by Gasteiger charge is -2.22. The van der Waals surface area contributed by atoms with E-state index in [2.05, 4.69) is 44.1 Å². The Morgan fingerprint density at radius 1 is 1.27 bits per heavy atom. The number of allylic oxidation sites excluding steroid dienone is 1. The number of nitrogens with zero attached hydrogens (tertiary/aromatic N) is 4. The van der Waals surface area contributed by atoms with Gasteiger partial charge < -0.3 is 16.4 Å². The van der Waals surface area contributed by atoms with Gasteiger partial charge in [0.1, 0.15) is 0 Å². The van der Waals surface area contributed by atoms with Crippen molar-refractivity contribution in [3.8, 4) is 11.3 Å². The average Bonchev–Trinajstić information content (AvgIpc) is 3.12. The minimum Gasteiger partial charge on any atom is -0.404 e. The van der Waals surface area contributed by atoms with Crippen LogP contribution in [0.5, 0.6) is 0 Å². The maximum Gasteiger partial charge on any atom is 0.224 e. The van der Waals surface area contributed by atoms with E-state index < -0.39 is 0 Å². The van der Waals surface area contributed by atoms with Crippen LogP contribution in [0.25, 0.3) is 16.8 Å². The van der Waals surface area contributed by atoms with Gasteiger partial charge in [0.05, 0.1) is 23.9 Å². The van der Waals surface area contributed by atoms with Crippen LogP contribution in [0.15, 0.2) is 53.7 Å². The molecule has 170 valence electrons. The van der Waals surface area contributed by atoms with Crippen molar-refractivity contribution in [2.75, 3.05) is 19.4 Å². The third kappa shape index (κ3) is 4.64. The standard InChI is InChI=1S/C25H29N7O/c1-16-25-21-9-6-18(19(14-26)15-27-2)13-22(21)23(10-11-32(25)31-30-16)29-20-7-4-17(5-8-20)12-24(33)28-3/h4-9,13-15,23,29H,10-12,26H2,1-3H3,(H,28,33)/t23-/m1/s1. The first-order valence-electron chi connectivity index (χ1n) is 11.0. The largest absolute Gasteiger partial charge is 0.404 e. The Morgan fingerprint density at radius 2 is 2.06 bits per heavy atom. The molecule has 0 unspecified atom stereocenters. The van der Waals surface area contributed by atoms with E-state index in [9.17, 15) is 4.79 Å². The van der Waals surface area contributed by atoms with Gasteiger partial charge in [-0.2, -0.15) is 0 Å². The molecule has 2 aromatic carbocycles. The number of anilines is 1. The minimum absolute atomic E-state index is 0.00119. The lowest BCUT2D eigenvalue weighted by atomic mass is 9.92.